The Morgan fingerprint density at radius 1 is 1.24 bits per heavy atom. The Bertz CT molecular complexity index is 1380. The first-order valence-corrected chi connectivity index (χ1v) is 10.4. The van der Waals surface area contributed by atoms with Gasteiger partial charge in [0.05, 0.1) is 24.7 Å². The third-order valence-electron chi connectivity index (χ3n) is 5.85. The number of carbonyl (C=O) groups is 1. The third-order valence-corrected chi connectivity index (χ3v) is 5.85. The van der Waals surface area contributed by atoms with E-state index in [4.69, 9.17) is 5.11 Å². The number of aromatic amines is 1. The van der Waals surface area contributed by atoms with Gasteiger partial charge in [0.1, 0.15) is 5.65 Å². The molecule has 0 saturated carbocycles. The number of hydrogen-bond acceptors (Lipinski definition) is 7. The number of hydrogen-bond donors (Lipinski definition) is 2. The predicted octanol–water partition coefficient (Wildman–Crippen LogP) is 3.24. The van der Waals surface area contributed by atoms with Crippen molar-refractivity contribution in [1.29, 1.82) is 5.26 Å². The highest BCUT2D eigenvalue weighted by Gasteiger charge is 2.35. The van der Waals surface area contributed by atoms with Gasteiger partial charge in [-0.25, -0.2) is 19.7 Å². The summed E-state index contributed by atoms with van der Waals surface area (Å²) in [5.41, 5.74) is 2.35. The molecule has 5 rings (SSSR count). The predicted molar refractivity (Wildman–Crippen MR) is 120 cm³/mol. The van der Waals surface area contributed by atoms with E-state index in [1.54, 1.807) is 6.20 Å². The van der Waals surface area contributed by atoms with E-state index in [1.165, 1.54) is 12.4 Å². The number of nitriles is 1. The Balaban J connectivity index is 1.40. The lowest BCUT2D eigenvalue weighted by Crippen LogP contribution is -2.41. The van der Waals surface area contributed by atoms with Gasteiger partial charge >= 0.3 is 5.97 Å². The molecule has 1 aliphatic heterocycles. The van der Waals surface area contributed by atoms with Gasteiger partial charge in [0.15, 0.2) is 11.5 Å². The third kappa shape index (κ3) is 3.92. The van der Waals surface area contributed by atoms with E-state index in [-0.39, 0.29) is 11.1 Å². The lowest BCUT2D eigenvalue weighted by molar-refractivity contribution is 0.0690. The molecule has 0 aromatic carbocycles. The van der Waals surface area contributed by atoms with Gasteiger partial charge in [-0.1, -0.05) is 6.08 Å². The van der Waals surface area contributed by atoms with Crippen LogP contribution in [0.3, 0.4) is 0 Å². The van der Waals surface area contributed by atoms with Crippen LogP contribution in [-0.2, 0) is 6.54 Å². The normalized spacial score (nSPS) is 17.8. The molecule has 0 aliphatic carbocycles. The monoisotopic (exact) mass is 440 g/mol. The Morgan fingerprint density at radius 3 is 2.94 bits per heavy atom. The van der Waals surface area contributed by atoms with Crippen molar-refractivity contribution in [2.24, 2.45) is 5.41 Å². The first kappa shape index (κ1) is 20.4. The van der Waals surface area contributed by atoms with E-state index in [1.807, 2.05) is 52.6 Å². The molecular weight excluding hydrogens is 420 g/mol. The second kappa shape index (κ2) is 8.20. The molecule has 10 heteroatoms. The molecule has 4 aromatic rings. The first-order chi connectivity index (χ1) is 16.1. The quantitative estimate of drug-likeness (QED) is 0.466. The van der Waals surface area contributed by atoms with Crippen molar-refractivity contribution < 1.29 is 9.90 Å². The van der Waals surface area contributed by atoms with Crippen molar-refractivity contribution in [1.82, 2.24) is 29.7 Å². The molecule has 10 nitrogen and oxygen atoms in total. The SMILES string of the molecule is N#CCC1(Cn2cc(-c3ccnc4[nH]ccc34)cn2)CC=CN(c2cnc(C(=O)O)cn2)C1. The minimum absolute atomic E-state index is 0.111. The van der Waals surface area contributed by atoms with Crippen LogP contribution < -0.4 is 4.90 Å². The Labute approximate surface area is 188 Å². The number of carboxylic acid groups (broad SMARTS) is 1. The highest BCUT2D eigenvalue weighted by atomic mass is 16.4. The summed E-state index contributed by atoms with van der Waals surface area (Å²) in [4.78, 5) is 28.6. The molecule has 33 heavy (non-hydrogen) atoms. The Hall–Kier alpha value is -4.52. The second-order valence-electron chi connectivity index (χ2n) is 8.14. The fraction of sp³-hybridized carbons (Fsp3) is 0.217. The Morgan fingerprint density at radius 2 is 2.15 bits per heavy atom. The average Bonchev–Trinajstić information content (AvgIpc) is 3.49. The van der Waals surface area contributed by atoms with Crippen LogP contribution in [0.1, 0.15) is 23.3 Å². The van der Waals surface area contributed by atoms with Crippen molar-refractivity contribution in [3.8, 4) is 17.2 Å². The van der Waals surface area contributed by atoms with Crippen LogP contribution in [0.25, 0.3) is 22.2 Å². The number of aromatic carboxylic acids is 1. The lowest BCUT2D eigenvalue weighted by atomic mass is 9.79. The number of nitrogens with zero attached hydrogens (tertiary/aromatic N) is 7. The van der Waals surface area contributed by atoms with Crippen molar-refractivity contribution in [3.05, 3.63) is 67.3 Å². The van der Waals surface area contributed by atoms with Crippen molar-refractivity contribution in [2.45, 2.75) is 19.4 Å². The number of pyridine rings is 1. The smallest absolute Gasteiger partial charge is 0.356 e. The van der Waals surface area contributed by atoms with Gasteiger partial charge in [0, 0.05) is 60.7 Å². The van der Waals surface area contributed by atoms with Crippen LogP contribution in [0.4, 0.5) is 5.82 Å². The fourth-order valence-corrected chi connectivity index (χ4v) is 4.26. The number of allylic oxidation sites excluding steroid dienone is 1. The van der Waals surface area contributed by atoms with Crippen molar-refractivity contribution in [3.63, 3.8) is 0 Å². The number of H-pyrrole nitrogens is 1. The summed E-state index contributed by atoms with van der Waals surface area (Å²) in [7, 11) is 0. The maximum absolute atomic E-state index is 11.1. The standard InChI is InChI=1S/C23H20N8O2/c24-6-5-23(4-1-9-30(14-23)20-12-27-19(11-28-20)22(32)33)15-31-13-16(10-29-31)17-2-7-25-21-18(17)3-8-26-21/h1-3,7-13H,4-5,14-15H2,(H,25,26)(H,32,33). The number of anilines is 1. The number of nitrogens with one attached hydrogen (secondary N) is 1. The van der Waals surface area contributed by atoms with Crippen LogP contribution in [0.15, 0.2) is 61.6 Å². The van der Waals surface area contributed by atoms with Crippen LogP contribution >= 0.6 is 0 Å². The van der Waals surface area contributed by atoms with E-state index in [9.17, 15) is 10.1 Å². The summed E-state index contributed by atoms with van der Waals surface area (Å²) in [5, 5.41) is 24.2. The van der Waals surface area contributed by atoms with E-state index < -0.39 is 5.97 Å². The molecule has 164 valence electrons. The summed E-state index contributed by atoms with van der Waals surface area (Å²) in [6.07, 6.45) is 15.1. The van der Waals surface area contributed by atoms with Crippen LogP contribution in [0.2, 0.25) is 0 Å². The summed E-state index contributed by atoms with van der Waals surface area (Å²) in [6.45, 7) is 1.08. The molecule has 5 heterocycles. The molecule has 0 spiro atoms. The molecular formula is C23H20N8O2. The molecule has 2 N–H and O–H groups in total. The minimum Gasteiger partial charge on any atom is -0.476 e. The molecule has 0 amide bonds. The van der Waals surface area contributed by atoms with Gasteiger partial charge in [-0.15, -0.1) is 0 Å². The first-order valence-electron chi connectivity index (χ1n) is 10.4. The van der Waals surface area contributed by atoms with Gasteiger partial charge in [-0.3, -0.25) is 4.68 Å². The summed E-state index contributed by atoms with van der Waals surface area (Å²) >= 11 is 0. The maximum atomic E-state index is 11.1. The second-order valence-corrected chi connectivity index (χ2v) is 8.14. The molecule has 1 atom stereocenters. The fourth-order valence-electron chi connectivity index (χ4n) is 4.26. The largest absolute Gasteiger partial charge is 0.476 e. The zero-order valence-corrected chi connectivity index (χ0v) is 17.6. The van der Waals surface area contributed by atoms with Crippen molar-refractivity contribution in [2.75, 3.05) is 11.4 Å². The topological polar surface area (TPSA) is 137 Å². The number of rotatable bonds is 6. The Kier molecular flexibility index (Phi) is 5.06. The van der Waals surface area contributed by atoms with Gasteiger partial charge in [-0.2, -0.15) is 10.4 Å². The van der Waals surface area contributed by atoms with Gasteiger partial charge in [0.2, 0.25) is 0 Å². The van der Waals surface area contributed by atoms with Crippen LogP contribution in [0.5, 0.6) is 0 Å². The number of fused-ring (bicyclic) bond motifs is 1. The highest BCUT2D eigenvalue weighted by molar-refractivity contribution is 5.92. The number of carboxylic acids is 1. The van der Waals surface area contributed by atoms with Crippen LogP contribution in [-0.4, -0.2) is 47.3 Å². The average molecular weight is 440 g/mol. The van der Waals surface area contributed by atoms with Crippen molar-refractivity contribution >= 4 is 22.8 Å². The van der Waals surface area contributed by atoms with E-state index in [0.717, 1.165) is 22.2 Å². The highest BCUT2D eigenvalue weighted by Crippen LogP contribution is 2.36. The molecule has 0 saturated heterocycles. The molecule has 4 aromatic heterocycles. The molecule has 1 unspecified atom stereocenters. The summed E-state index contributed by atoms with van der Waals surface area (Å²) in [5.74, 6) is -0.589. The zero-order valence-electron chi connectivity index (χ0n) is 17.6. The van der Waals surface area contributed by atoms with Gasteiger partial charge < -0.3 is 15.0 Å². The molecule has 1 aliphatic rings. The summed E-state index contributed by atoms with van der Waals surface area (Å²) in [6, 6.07) is 6.28. The lowest BCUT2D eigenvalue weighted by Gasteiger charge is -2.38. The van der Waals surface area contributed by atoms with E-state index in [0.29, 0.717) is 31.7 Å². The minimum atomic E-state index is -1.12. The van der Waals surface area contributed by atoms with Crippen LogP contribution in [0, 0.1) is 16.7 Å². The molecule has 0 fully saturated rings. The van der Waals surface area contributed by atoms with E-state index >= 15 is 0 Å². The van der Waals surface area contributed by atoms with Gasteiger partial charge in [-0.05, 0) is 24.1 Å². The number of aromatic nitrogens is 6. The molecule has 0 radical (unpaired) electrons. The summed E-state index contributed by atoms with van der Waals surface area (Å²) < 4.78 is 1.88. The zero-order chi connectivity index (χ0) is 22.8. The molecule has 0 bridgehead atoms. The van der Waals surface area contributed by atoms with Gasteiger partial charge in [0.25, 0.3) is 0 Å². The van der Waals surface area contributed by atoms with E-state index in [2.05, 4.69) is 31.1 Å². The maximum Gasteiger partial charge on any atom is 0.356 e.